The average molecular weight is 197 g/mol. The van der Waals surface area contributed by atoms with E-state index in [1.165, 1.54) is 13.8 Å². The molecule has 0 spiro atoms. The van der Waals surface area contributed by atoms with E-state index in [1.54, 1.807) is 0 Å². The third kappa shape index (κ3) is 1.31. The quantitative estimate of drug-likeness (QED) is 0.496. The first-order chi connectivity index (χ1) is 6.28. The number of rotatable bonds is 1. The zero-order valence-corrected chi connectivity index (χ0v) is 7.87. The van der Waals surface area contributed by atoms with E-state index in [4.69, 9.17) is 5.73 Å². The minimum absolute atomic E-state index is 0.269. The van der Waals surface area contributed by atoms with E-state index in [0.29, 0.717) is 0 Å². The number of primary amides is 1. The maximum Gasteiger partial charge on any atom is 0.256 e. The molecule has 1 unspecified atom stereocenters. The van der Waals surface area contributed by atoms with Crippen LogP contribution in [0, 0.1) is 0 Å². The van der Waals surface area contributed by atoms with E-state index in [-0.39, 0.29) is 5.57 Å². The van der Waals surface area contributed by atoms with E-state index < -0.39 is 28.6 Å². The van der Waals surface area contributed by atoms with Gasteiger partial charge >= 0.3 is 0 Å². The third-order valence-electron chi connectivity index (χ3n) is 2.29. The molecule has 0 aliphatic heterocycles. The molecule has 0 bridgehead atoms. The summed E-state index contributed by atoms with van der Waals surface area (Å²) in [6, 6.07) is 0. The first-order valence-corrected chi connectivity index (χ1v) is 3.97. The van der Waals surface area contributed by atoms with Crippen molar-refractivity contribution in [2.75, 3.05) is 0 Å². The molecule has 1 aliphatic carbocycles. The highest BCUT2D eigenvalue weighted by molar-refractivity contribution is 6.23. The lowest BCUT2D eigenvalue weighted by Gasteiger charge is -2.26. The Morgan fingerprint density at radius 3 is 2.50 bits per heavy atom. The zero-order valence-electron chi connectivity index (χ0n) is 7.87. The molecule has 0 saturated carbocycles. The fourth-order valence-corrected chi connectivity index (χ4v) is 1.19. The number of nitrogens with two attached hydrogens (primary N) is 1. The molecule has 0 aromatic heterocycles. The van der Waals surface area contributed by atoms with Crippen LogP contribution in [-0.2, 0) is 9.59 Å². The van der Waals surface area contributed by atoms with Crippen molar-refractivity contribution < 1.29 is 19.8 Å². The largest absolute Gasteiger partial charge is 0.507 e. The average Bonchev–Trinajstić information content (AvgIpc) is 2.00. The van der Waals surface area contributed by atoms with Gasteiger partial charge in [-0.2, -0.15) is 0 Å². The van der Waals surface area contributed by atoms with Gasteiger partial charge in [-0.05, 0) is 25.5 Å². The third-order valence-corrected chi connectivity index (χ3v) is 2.29. The predicted octanol–water partition coefficient (Wildman–Crippen LogP) is -0.436. The number of aliphatic hydroxyl groups excluding tert-OH is 1. The number of allylic oxidation sites excluding steroid dienone is 1. The highest BCUT2D eigenvalue weighted by atomic mass is 16.3. The van der Waals surface area contributed by atoms with Crippen LogP contribution in [0.1, 0.15) is 13.8 Å². The molecule has 1 atom stereocenters. The van der Waals surface area contributed by atoms with Crippen molar-refractivity contribution >= 4 is 11.7 Å². The van der Waals surface area contributed by atoms with Gasteiger partial charge in [-0.25, -0.2) is 0 Å². The van der Waals surface area contributed by atoms with Crippen LogP contribution in [-0.4, -0.2) is 27.5 Å². The molecule has 1 amide bonds. The van der Waals surface area contributed by atoms with E-state index in [1.807, 2.05) is 0 Å². The number of aliphatic hydroxyl groups is 2. The Hall–Kier alpha value is -1.62. The Bertz CT molecular complexity index is 376. The summed E-state index contributed by atoms with van der Waals surface area (Å²) < 4.78 is 0. The summed E-state index contributed by atoms with van der Waals surface area (Å²) in [7, 11) is 0. The van der Waals surface area contributed by atoms with Crippen LogP contribution in [0.4, 0.5) is 0 Å². The lowest BCUT2D eigenvalue weighted by atomic mass is 9.83. The Labute approximate surface area is 80.5 Å². The first-order valence-electron chi connectivity index (χ1n) is 3.97. The summed E-state index contributed by atoms with van der Waals surface area (Å²) in [4.78, 5) is 22.3. The van der Waals surface area contributed by atoms with Crippen LogP contribution >= 0.6 is 0 Å². The van der Waals surface area contributed by atoms with Crippen molar-refractivity contribution in [3.05, 3.63) is 23.0 Å². The molecule has 0 radical (unpaired) electrons. The number of carbonyl (C=O) groups excluding carboxylic acids is 2. The van der Waals surface area contributed by atoms with Crippen LogP contribution in [0.3, 0.4) is 0 Å². The molecular formula is C9H11NO4. The molecule has 5 heteroatoms. The Morgan fingerprint density at radius 2 is 2.07 bits per heavy atom. The van der Waals surface area contributed by atoms with Gasteiger partial charge in [0.15, 0.2) is 0 Å². The maximum atomic E-state index is 11.5. The summed E-state index contributed by atoms with van der Waals surface area (Å²) in [6.45, 7) is 2.72. The van der Waals surface area contributed by atoms with Crippen LogP contribution in [0.25, 0.3) is 0 Å². The minimum Gasteiger partial charge on any atom is -0.507 e. The minimum atomic E-state index is -1.77. The van der Waals surface area contributed by atoms with Gasteiger partial charge in [-0.3, -0.25) is 9.59 Å². The lowest BCUT2D eigenvalue weighted by Crippen LogP contribution is -2.43. The topological polar surface area (TPSA) is 101 Å². The molecule has 4 N–H and O–H groups in total. The highest BCUT2D eigenvalue weighted by Crippen LogP contribution is 2.28. The van der Waals surface area contributed by atoms with Crippen molar-refractivity contribution in [2.45, 2.75) is 19.4 Å². The van der Waals surface area contributed by atoms with Crippen molar-refractivity contribution in [2.24, 2.45) is 5.73 Å². The monoisotopic (exact) mass is 197 g/mol. The van der Waals surface area contributed by atoms with Crippen molar-refractivity contribution in [3.8, 4) is 0 Å². The number of amides is 1. The molecule has 5 nitrogen and oxygen atoms in total. The normalized spacial score (nSPS) is 27.6. The van der Waals surface area contributed by atoms with Gasteiger partial charge in [0.25, 0.3) is 5.91 Å². The molecule has 1 rings (SSSR count). The summed E-state index contributed by atoms with van der Waals surface area (Å²) in [5, 5.41) is 19.0. The number of ketones is 1. The Morgan fingerprint density at radius 1 is 1.57 bits per heavy atom. The number of hydrogen-bond acceptors (Lipinski definition) is 4. The molecular weight excluding hydrogens is 186 g/mol. The summed E-state index contributed by atoms with van der Waals surface area (Å²) >= 11 is 0. The summed E-state index contributed by atoms with van der Waals surface area (Å²) in [5.41, 5.74) is 2.84. The van der Waals surface area contributed by atoms with Crippen molar-refractivity contribution in [1.82, 2.24) is 0 Å². The highest BCUT2D eigenvalue weighted by Gasteiger charge is 2.41. The fraction of sp³-hybridized carbons (Fsp3) is 0.333. The smallest absolute Gasteiger partial charge is 0.256 e. The van der Waals surface area contributed by atoms with Crippen LogP contribution < -0.4 is 5.73 Å². The summed E-state index contributed by atoms with van der Waals surface area (Å²) in [6.07, 6.45) is 1.15. The molecule has 0 aromatic rings. The molecule has 0 fully saturated rings. The standard InChI is InChI=1S/C9H11NO4/c1-4-3-5(11)6(8(10)13)7(12)9(4,2)14/h3,11,14H,1-2H3,(H2,10,13). The number of hydrogen-bond donors (Lipinski definition) is 3. The fourth-order valence-electron chi connectivity index (χ4n) is 1.19. The molecule has 0 saturated heterocycles. The predicted molar refractivity (Wildman–Crippen MR) is 48.2 cm³/mol. The number of carbonyl (C=O) groups is 2. The van der Waals surface area contributed by atoms with E-state index in [0.717, 1.165) is 6.08 Å². The second kappa shape index (κ2) is 2.95. The first kappa shape index (κ1) is 10.5. The Kier molecular flexibility index (Phi) is 2.21. The summed E-state index contributed by atoms with van der Waals surface area (Å²) in [5.74, 6) is -2.41. The van der Waals surface area contributed by atoms with E-state index >= 15 is 0 Å². The number of Topliss-reactive ketones (excluding diaryl/α,β-unsaturated/α-hetero) is 1. The van der Waals surface area contributed by atoms with E-state index in [9.17, 15) is 19.8 Å². The van der Waals surface area contributed by atoms with E-state index in [2.05, 4.69) is 0 Å². The molecule has 14 heavy (non-hydrogen) atoms. The van der Waals surface area contributed by atoms with Crippen molar-refractivity contribution in [3.63, 3.8) is 0 Å². The van der Waals surface area contributed by atoms with Crippen LogP contribution in [0.5, 0.6) is 0 Å². The molecule has 76 valence electrons. The molecule has 1 aliphatic rings. The van der Waals surface area contributed by atoms with Gasteiger partial charge in [0, 0.05) is 0 Å². The zero-order chi connectivity index (χ0) is 11.1. The van der Waals surface area contributed by atoms with Gasteiger partial charge in [-0.1, -0.05) is 0 Å². The van der Waals surface area contributed by atoms with Gasteiger partial charge in [0.1, 0.15) is 16.9 Å². The second-order valence-corrected chi connectivity index (χ2v) is 3.35. The van der Waals surface area contributed by atoms with Crippen LogP contribution in [0.15, 0.2) is 23.0 Å². The van der Waals surface area contributed by atoms with Gasteiger partial charge in [0.05, 0.1) is 0 Å². The SMILES string of the molecule is CC1=CC(O)=C(C(N)=O)C(=O)C1(C)O. The van der Waals surface area contributed by atoms with Crippen molar-refractivity contribution in [1.29, 1.82) is 0 Å². The Balaban J connectivity index is 3.37. The molecule has 0 aromatic carbocycles. The maximum absolute atomic E-state index is 11.5. The second-order valence-electron chi connectivity index (χ2n) is 3.35. The van der Waals surface area contributed by atoms with Crippen LogP contribution in [0.2, 0.25) is 0 Å². The van der Waals surface area contributed by atoms with Gasteiger partial charge in [-0.15, -0.1) is 0 Å². The van der Waals surface area contributed by atoms with Gasteiger partial charge < -0.3 is 15.9 Å². The molecule has 0 heterocycles. The lowest BCUT2D eigenvalue weighted by molar-refractivity contribution is -0.131. The van der Waals surface area contributed by atoms with Gasteiger partial charge in [0.2, 0.25) is 5.78 Å².